The van der Waals surface area contributed by atoms with Crippen molar-refractivity contribution in [3.63, 3.8) is 0 Å². The van der Waals surface area contributed by atoms with Crippen molar-refractivity contribution in [2.75, 3.05) is 13.1 Å². The van der Waals surface area contributed by atoms with E-state index >= 15 is 0 Å². The van der Waals surface area contributed by atoms with E-state index in [2.05, 4.69) is 16.8 Å². The molecule has 0 aliphatic carbocycles. The molecule has 0 spiro atoms. The van der Waals surface area contributed by atoms with Crippen LogP contribution in [-0.2, 0) is 0 Å². The van der Waals surface area contributed by atoms with E-state index in [4.69, 9.17) is 4.42 Å². The number of nitrogens with zero attached hydrogens (tertiary/aromatic N) is 2. The van der Waals surface area contributed by atoms with Crippen LogP contribution in [0.3, 0.4) is 0 Å². The van der Waals surface area contributed by atoms with E-state index < -0.39 is 0 Å². The van der Waals surface area contributed by atoms with Crippen molar-refractivity contribution in [3.05, 3.63) is 42.4 Å². The maximum Gasteiger partial charge on any atom is 0.211 e. The van der Waals surface area contributed by atoms with Gasteiger partial charge in [0.25, 0.3) is 0 Å². The Kier molecular flexibility index (Phi) is 4.08. The molecule has 112 valence electrons. The molecule has 1 aromatic heterocycles. The van der Waals surface area contributed by atoms with Crippen LogP contribution in [0.5, 0.6) is 0 Å². The van der Waals surface area contributed by atoms with Gasteiger partial charge in [0.05, 0.1) is 18.3 Å². The van der Waals surface area contributed by atoms with Gasteiger partial charge in [0.2, 0.25) is 5.89 Å². The minimum absolute atomic E-state index is 0.145. The average molecular weight is 286 g/mol. The van der Waals surface area contributed by atoms with Crippen molar-refractivity contribution in [1.29, 1.82) is 0 Å². The Morgan fingerprint density at radius 3 is 2.71 bits per heavy atom. The summed E-state index contributed by atoms with van der Waals surface area (Å²) in [5.41, 5.74) is 1.05. The molecule has 0 saturated carbocycles. The molecule has 1 saturated heterocycles. The SMILES string of the molecule is CC(O)C1CCN(C(C)c2ncc(-c3ccccc3)o2)C1. The first-order valence-corrected chi connectivity index (χ1v) is 7.58. The molecule has 0 radical (unpaired) electrons. The van der Waals surface area contributed by atoms with Crippen LogP contribution in [0, 0.1) is 5.92 Å². The van der Waals surface area contributed by atoms with Crippen LogP contribution < -0.4 is 0 Å². The molecule has 2 aromatic rings. The zero-order valence-electron chi connectivity index (χ0n) is 12.6. The fraction of sp³-hybridized carbons (Fsp3) is 0.471. The standard InChI is InChI=1S/C17H22N2O2/c1-12(19-9-8-15(11-19)13(2)20)17-18-10-16(21-17)14-6-4-3-5-7-14/h3-7,10,12-13,15,20H,8-9,11H2,1-2H3. The highest BCUT2D eigenvalue weighted by Crippen LogP contribution is 2.30. The van der Waals surface area contributed by atoms with Crippen LogP contribution in [0.25, 0.3) is 11.3 Å². The van der Waals surface area contributed by atoms with Crippen molar-refractivity contribution in [1.82, 2.24) is 9.88 Å². The van der Waals surface area contributed by atoms with E-state index in [1.165, 1.54) is 0 Å². The van der Waals surface area contributed by atoms with Crippen LogP contribution >= 0.6 is 0 Å². The second-order valence-corrected chi connectivity index (χ2v) is 5.89. The van der Waals surface area contributed by atoms with Crippen molar-refractivity contribution in [2.45, 2.75) is 32.4 Å². The number of hydrogen-bond acceptors (Lipinski definition) is 4. The number of oxazole rings is 1. The number of hydrogen-bond donors (Lipinski definition) is 1. The molecular formula is C17H22N2O2. The van der Waals surface area contributed by atoms with E-state index in [0.29, 0.717) is 5.92 Å². The predicted octanol–water partition coefficient (Wildman–Crippen LogP) is 3.11. The van der Waals surface area contributed by atoms with Gasteiger partial charge < -0.3 is 9.52 Å². The molecule has 3 rings (SSSR count). The second kappa shape index (κ2) is 6.00. The molecule has 1 N–H and O–H groups in total. The molecule has 1 aromatic carbocycles. The van der Waals surface area contributed by atoms with Crippen LogP contribution in [-0.4, -0.2) is 34.2 Å². The van der Waals surface area contributed by atoms with Gasteiger partial charge in [-0.25, -0.2) is 4.98 Å². The number of aliphatic hydroxyl groups excluding tert-OH is 1. The Morgan fingerprint density at radius 1 is 1.29 bits per heavy atom. The second-order valence-electron chi connectivity index (χ2n) is 5.89. The minimum atomic E-state index is -0.244. The first-order chi connectivity index (χ1) is 10.1. The summed E-state index contributed by atoms with van der Waals surface area (Å²) in [5, 5.41) is 9.71. The normalized spacial score (nSPS) is 22.3. The molecule has 3 atom stereocenters. The molecular weight excluding hydrogens is 264 g/mol. The Balaban J connectivity index is 1.72. The highest BCUT2D eigenvalue weighted by molar-refractivity contribution is 5.55. The minimum Gasteiger partial charge on any atom is -0.439 e. The maximum absolute atomic E-state index is 9.71. The summed E-state index contributed by atoms with van der Waals surface area (Å²) in [5.74, 6) is 1.92. The summed E-state index contributed by atoms with van der Waals surface area (Å²) >= 11 is 0. The third-order valence-electron chi connectivity index (χ3n) is 4.43. The van der Waals surface area contributed by atoms with Crippen molar-refractivity contribution >= 4 is 0 Å². The van der Waals surface area contributed by atoms with Gasteiger partial charge in [-0.15, -0.1) is 0 Å². The summed E-state index contributed by atoms with van der Waals surface area (Å²) in [4.78, 5) is 6.77. The number of likely N-dealkylation sites (tertiary alicyclic amines) is 1. The quantitative estimate of drug-likeness (QED) is 0.938. The van der Waals surface area contributed by atoms with Crippen LogP contribution in [0.4, 0.5) is 0 Å². The molecule has 0 amide bonds. The molecule has 1 fully saturated rings. The summed E-state index contributed by atoms with van der Waals surface area (Å²) in [6, 6.07) is 10.2. The molecule has 21 heavy (non-hydrogen) atoms. The topological polar surface area (TPSA) is 49.5 Å². The van der Waals surface area contributed by atoms with E-state index in [-0.39, 0.29) is 12.1 Å². The third-order valence-corrected chi connectivity index (χ3v) is 4.43. The van der Waals surface area contributed by atoms with Gasteiger partial charge in [-0.3, -0.25) is 4.90 Å². The summed E-state index contributed by atoms with van der Waals surface area (Å²) in [6.45, 7) is 5.88. The highest BCUT2D eigenvalue weighted by atomic mass is 16.4. The Hall–Kier alpha value is -1.65. The molecule has 1 aliphatic rings. The Bertz CT molecular complexity index is 579. The lowest BCUT2D eigenvalue weighted by Crippen LogP contribution is -2.27. The van der Waals surface area contributed by atoms with E-state index in [0.717, 1.165) is 36.7 Å². The zero-order valence-corrected chi connectivity index (χ0v) is 12.6. The van der Waals surface area contributed by atoms with E-state index in [1.807, 2.05) is 37.3 Å². The van der Waals surface area contributed by atoms with Crippen LogP contribution in [0.1, 0.15) is 32.2 Å². The lowest BCUT2D eigenvalue weighted by Gasteiger charge is -2.22. The van der Waals surface area contributed by atoms with Gasteiger partial charge in [0, 0.05) is 12.1 Å². The number of aromatic nitrogens is 1. The van der Waals surface area contributed by atoms with Crippen molar-refractivity contribution in [3.8, 4) is 11.3 Å². The van der Waals surface area contributed by atoms with Gasteiger partial charge in [-0.05, 0) is 32.7 Å². The lowest BCUT2D eigenvalue weighted by molar-refractivity contribution is 0.120. The van der Waals surface area contributed by atoms with Crippen molar-refractivity contribution < 1.29 is 9.52 Å². The fourth-order valence-corrected chi connectivity index (χ4v) is 2.93. The van der Waals surface area contributed by atoms with Crippen molar-refractivity contribution in [2.24, 2.45) is 5.92 Å². The summed E-state index contributed by atoms with van der Waals surface area (Å²) in [6.07, 6.45) is 2.59. The first kappa shape index (κ1) is 14.3. The van der Waals surface area contributed by atoms with Crippen LogP contribution in [0.15, 0.2) is 40.9 Å². The highest BCUT2D eigenvalue weighted by Gasteiger charge is 2.31. The van der Waals surface area contributed by atoms with Gasteiger partial charge in [0.1, 0.15) is 0 Å². The molecule has 2 heterocycles. The first-order valence-electron chi connectivity index (χ1n) is 7.58. The maximum atomic E-state index is 9.71. The molecule has 4 nitrogen and oxygen atoms in total. The Morgan fingerprint density at radius 2 is 2.05 bits per heavy atom. The number of aliphatic hydroxyl groups is 1. The Labute approximate surface area is 125 Å². The predicted molar refractivity (Wildman–Crippen MR) is 81.7 cm³/mol. The van der Waals surface area contributed by atoms with E-state index in [9.17, 15) is 5.11 Å². The van der Waals surface area contributed by atoms with E-state index in [1.54, 1.807) is 6.20 Å². The van der Waals surface area contributed by atoms with Crippen LogP contribution in [0.2, 0.25) is 0 Å². The number of rotatable bonds is 4. The molecule has 0 bridgehead atoms. The smallest absolute Gasteiger partial charge is 0.211 e. The van der Waals surface area contributed by atoms with Gasteiger partial charge in [-0.2, -0.15) is 0 Å². The fourth-order valence-electron chi connectivity index (χ4n) is 2.93. The summed E-state index contributed by atoms with van der Waals surface area (Å²) in [7, 11) is 0. The monoisotopic (exact) mass is 286 g/mol. The summed E-state index contributed by atoms with van der Waals surface area (Å²) < 4.78 is 5.92. The third kappa shape index (κ3) is 3.01. The molecule has 1 aliphatic heterocycles. The lowest BCUT2D eigenvalue weighted by atomic mass is 10.0. The zero-order chi connectivity index (χ0) is 14.8. The average Bonchev–Trinajstić information content (AvgIpc) is 3.17. The van der Waals surface area contributed by atoms with Gasteiger partial charge in [0.15, 0.2) is 5.76 Å². The molecule has 3 unspecified atom stereocenters. The largest absolute Gasteiger partial charge is 0.439 e. The molecule has 4 heteroatoms. The van der Waals surface area contributed by atoms with Gasteiger partial charge in [-0.1, -0.05) is 30.3 Å². The number of benzene rings is 1. The van der Waals surface area contributed by atoms with Gasteiger partial charge >= 0.3 is 0 Å².